The van der Waals surface area contributed by atoms with E-state index in [1.54, 1.807) is 20.8 Å². The highest BCUT2D eigenvalue weighted by Gasteiger charge is 2.56. The third kappa shape index (κ3) is 4.62. The fourth-order valence-electron chi connectivity index (χ4n) is 3.62. The number of aliphatic carboxylic acids is 1. The molecule has 3 atom stereocenters. The molecule has 142 valence electrons. The summed E-state index contributed by atoms with van der Waals surface area (Å²) in [7, 11) is 0. The Kier molecular flexibility index (Phi) is 5.61. The van der Waals surface area contributed by atoms with E-state index in [9.17, 15) is 24.6 Å². The molecule has 2 fully saturated rings. The highest BCUT2D eigenvalue weighted by Crippen LogP contribution is 2.37. The van der Waals surface area contributed by atoms with Crippen LogP contribution in [0.5, 0.6) is 0 Å². The van der Waals surface area contributed by atoms with E-state index in [0.29, 0.717) is 12.8 Å². The second-order valence-electron chi connectivity index (χ2n) is 7.88. The lowest BCUT2D eigenvalue weighted by Crippen LogP contribution is -2.58. The second kappa shape index (κ2) is 7.19. The molecule has 2 rings (SSSR count). The Hall–Kier alpha value is -1.83. The van der Waals surface area contributed by atoms with Gasteiger partial charge in [0.25, 0.3) is 0 Å². The Morgan fingerprint density at radius 3 is 2.48 bits per heavy atom. The molecule has 3 unspecified atom stereocenters. The van der Waals surface area contributed by atoms with Gasteiger partial charge in [-0.25, -0.2) is 9.59 Å². The minimum absolute atomic E-state index is 0.252. The molecule has 8 heteroatoms. The van der Waals surface area contributed by atoms with Crippen LogP contribution < -0.4 is 5.32 Å². The van der Waals surface area contributed by atoms with E-state index in [-0.39, 0.29) is 18.7 Å². The molecular weight excluding hydrogens is 328 g/mol. The van der Waals surface area contributed by atoms with Crippen LogP contribution in [0.2, 0.25) is 0 Å². The number of nitrogens with one attached hydrogen (secondary N) is 1. The smallest absolute Gasteiger partial charge is 0.409 e. The molecule has 2 heterocycles. The Labute approximate surface area is 147 Å². The fraction of sp³-hybridized carbons (Fsp3) is 0.824. The van der Waals surface area contributed by atoms with Gasteiger partial charge in [0.15, 0.2) is 5.72 Å². The molecule has 2 saturated heterocycles. The normalized spacial score (nSPS) is 30.7. The van der Waals surface area contributed by atoms with Crippen molar-refractivity contribution in [2.75, 3.05) is 0 Å². The second-order valence-corrected chi connectivity index (χ2v) is 7.88. The average molecular weight is 356 g/mol. The zero-order valence-corrected chi connectivity index (χ0v) is 15.1. The number of carbonyl (C=O) groups is 3. The van der Waals surface area contributed by atoms with Crippen LogP contribution in [0.25, 0.3) is 0 Å². The maximum Gasteiger partial charge on any atom is 0.409 e. The zero-order chi connectivity index (χ0) is 18.8. The number of hydrogen-bond acceptors (Lipinski definition) is 5. The van der Waals surface area contributed by atoms with Crippen molar-refractivity contribution < 1.29 is 29.3 Å². The summed E-state index contributed by atoms with van der Waals surface area (Å²) in [6.45, 7) is 5.09. The molecule has 2 aliphatic rings. The topological polar surface area (TPSA) is 116 Å². The predicted molar refractivity (Wildman–Crippen MR) is 88.7 cm³/mol. The van der Waals surface area contributed by atoms with Crippen LogP contribution in [0, 0.1) is 0 Å². The predicted octanol–water partition coefficient (Wildman–Crippen LogP) is 1.61. The van der Waals surface area contributed by atoms with Crippen LogP contribution in [0.4, 0.5) is 4.79 Å². The highest BCUT2D eigenvalue weighted by atomic mass is 16.6. The Morgan fingerprint density at radius 1 is 1.24 bits per heavy atom. The van der Waals surface area contributed by atoms with Gasteiger partial charge in [0.1, 0.15) is 11.6 Å². The van der Waals surface area contributed by atoms with Crippen molar-refractivity contribution in [3.05, 3.63) is 0 Å². The van der Waals surface area contributed by atoms with Gasteiger partial charge in [-0.05, 0) is 33.6 Å². The number of alkyl carbamates (subject to hydrolysis) is 1. The quantitative estimate of drug-likeness (QED) is 0.647. The molecule has 2 amide bonds. The molecule has 8 nitrogen and oxygen atoms in total. The third-order valence-corrected chi connectivity index (χ3v) is 4.64. The maximum absolute atomic E-state index is 12.5. The summed E-state index contributed by atoms with van der Waals surface area (Å²) >= 11 is 0. The lowest BCUT2D eigenvalue weighted by molar-refractivity contribution is -0.150. The van der Waals surface area contributed by atoms with Crippen LogP contribution >= 0.6 is 0 Å². The van der Waals surface area contributed by atoms with E-state index in [1.165, 1.54) is 4.90 Å². The molecule has 2 aliphatic heterocycles. The van der Waals surface area contributed by atoms with Gasteiger partial charge in [-0.1, -0.05) is 19.3 Å². The average Bonchev–Trinajstić information content (AvgIpc) is 2.76. The standard InChI is InChI=1S/C17H28N2O6/c1-16(2,3)25-15(23)18-17(24)10-11(14(21)22)19-12(17)8-6-4-5-7-9-13(19)20/h11-12,24H,4-10H2,1-3H3,(H,18,23)(H,21,22). The van der Waals surface area contributed by atoms with Crippen LogP contribution in [-0.2, 0) is 14.3 Å². The van der Waals surface area contributed by atoms with Gasteiger partial charge in [-0.3, -0.25) is 10.1 Å². The highest BCUT2D eigenvalue weighted by molar-refractivity contribution is 5.85. The number of rotatable bonds is 2. The van der Waals surface area contributed by atoms with Crippen LogP contribution in [0.3, 0.4) is 0 Å². The molecule has 0 aliphatic carbocycles. The van der Waals surface area contributed by atoms with Crippen LogP contribution in [0.15, 0.2) is 0 Å². The summed E-state index contributed by atoms with van der Waals surface area (Å²) in [5.74, 6) is -1.47. The zero-order valence-electron chi connectivity index (χ0n) is 15.1. The van der Waals surface area contributed by atoms with E-state index in [0.717, 1.165) is 19.3 Å². The van der Waals surface area contributed by atoms with Crippen molar-refractivity contribution in [1.29, 1.82) is 0 Å². The van der Waals surface area contributed by atoms with E-state index < -0.39 is 35.5 Å². The molecule has 0 radical (unpaired) electrons. The lowest BCUT2D eigenvalue weighted by Gasteiger charge is -2.35. The largest absolute Gasteiger partial charge is 0.480 e. The first-order valence-corrected chi connectivity index (χ1v) is 8.81. The van der Waals surface area contributed by atoms with Gasteiger partial charge in [0.2, 0.25) is 5.91 Å². The summed E-state index contributed by atoms with van der Waals surface area (Å²) in [6.07, 6.45) is 2.85. The van der Waals surface area contributed by atoms with Crippen molar-refractivity contribution >= 4 is 18.0 Å². The van der Waals surface area contributed by atoms with E-state index in [4.69, 9.17) is 4.74 Å². The van der Waals surface area contributed by atoms with Crippen LogP contribution in [-0.4, -0.2) is 56.5 Å². The van der Waals surface area contributed by atoms with Crippen LogP contribution in [0.1, 0.15) is 65.7 Å². The van der Waals surface area contributed by atoms with Crippen molar-refractivity contribution in [3.8, 4) is 0 Å². The minimum atomic E-state index is -1.81. The van der Waals surface area contributed by atoms with E-state index >= 15 is 0 Å². The summed E-state index contributed by atoms with van der Waals surface area (Å²) in [4.78, 5) is 37.6. The van der Waals surface area contributed by atoms with Gasteiger partial charge in [-0.15, -0.1) is 0 Å². The SMILES string of the molecule is CC(C)(C)OC(=O)NC1(O)CC(C(=O)O)N2C(=O)CCCCCCC21. The minimum Gasteiger partial charge on any atom is -0.480 e. The van der Waals surface area contributed by atoms with E-state index in [1.807, 2.05) is 0 Å². The molecule has 0 bridgehead atoms. The maximum atomic E-state index is 12.5. The molecular formula is C17H28N2O6. The number of fused-ring (bicyclic) bond motifs is 1. The van der Waals surface area contributed by atoms with Gasteiger partial charge >= 0.3 is 12.1 Å². The number of ether oxygens (including phenoxy) is 1. The number of aliphatic hydroxyl groups is 1. The molecule has 0 aromatic heterocycles. The molecule has 3 N–H and O–H groups in total. The van der Waals surface area contributed by atoms with Gasteiger partial charge in [0.05, 0.1) is 6.04 Å². The Bertz CT molecular complexity index is 544. The molecule has 0 aromatic carbocycles. The first-order valence-electron chi connectivity index (χ1n) is 8.81. The Balaban J connectivity index is 2.28. The Morgan fingerprint density at radius 2 is 1.88 bits per heavy atom. The van der Waals surface area contributed by atoms with Gasteiger partial charge in [-0.2, -0.15) is 0 Å². The number of amides is 2. The van der Waals surface area contributed by atoms with Crippen molar-refractivity contribution in [1.82, 2.24) is 10.2 Å². The van der Waals surface area contributed by atoms with Crippen molar-refractivity contribution in [3.63, 3.8) is 0 Å². The van der Waals surface area contributed by atoms with E-state index in [2.05, 4.69) is 5.32 Å². The summed E-state index contributed by atoms with van der Waals surface area (Å²) < 4.78 is 5.19. The van der Waals surface area contributed by atoms with Crippen molar-refractivity contribution in [2.45, 2.75) is 89.1 Å². The molecule has 0 aromatic rings. The summed E-state index contributed by atoms with van der Waals surface area (Å²) in [5, 5.41) is 23.0. The molecule has 0 saturated carbocycles. The number of nitrogens with zero attached hydrogens (tertiary/aromatic N) is 1. The first-order chi connectivity index (χ1) is 11.5. The van der Waals surface area contributed by atoms with Gasteiger partial charge in [0, 0.05) is 12.8 Å². The monoisotopic (exact) mass is 356 g/mol. The lowest BCUT2D eigenvalue weighted by atomic mass is 9.97. The van der Waals surface area contributed by atoms with Gasteiger partial charge < -0.3 is 19.8 Å². The number of hydrogen-bond donors (Lipinski definition) is 3. The molecule has 0 spiro atoms. The fourth-order valence-corrected chi connectivity index (χ4v) is 3.62. The van der Waals surface area contributed by atoms with Crippen molar-refractivity contribution in [2.24, 2.45) is 0 Å². The summed E-state index contributed by atoms with van der Waals surface area (Å²) in [6, 6.07) is -1.93. The number of carboxylic acid groups (broad SMARTS) is 1. The number of carbonyl (C=O) groups excluding carboxylic acids is 2. The third-order valence-electron chi connectivity index (χ3n) is 4.64. The molecule has 25 heavy (non-hydrogen) atoms. The first kappa shape index (κ1) is 19.5. The number of carboxylic acids is 1. The summed E-state index contributed by atoms with van der Waals surface area (Å²) in [5.41, 5.74) is -2.56.